The van der Waals surface area contributed by atoms with Gasteiger partial charge in [0.05, 0.1) is 0 Å². The fourth-order valence-electron chi connectivity index (χ4n) is 2.86. The van der Waals surface area contributed by atoms with Crippen LogP contribution in [-0.2, 0) is 0 Å². The number of hydrogen-bond acceptors (Lipinski definition) is 2. The van der Waals surface area contributed by atoms with E-state index in [-0.39, 0.29) is 0 Å². The Morgan fingerprint density at radius 3 is 1.36 bits per heavy atom. The van der Waals surface area contributed by atoms with Gasteiger partial charge in [0.25, 0.3) is 0 Å². The Hall–Kier alpha value is -0.0800. The highest BCUT2D eigenvalue weighted by molar-refractivity contribution is 4.79. The lowest BCUT2D eigenvalue weighted by atomic mass is 9.92. The molecule has 2 fully saturated rings. The molecule has 86 valence electrons. The van der Waals surface area contributed by atoms with Crippen molar-refractivity contribution in [1.82, 2.24) is 0 Å². The second-order valence-electron chi connectivity index (χ2n) is 4.09. The van der Waals surface area contributed by atoms with Gasteiger partial charge in [-0.2, -0.15) is 0 Å². The highest BCUT2D eigenvalue weighted by Gasteiger charge is 2.27. The smallest absolute Gasteiger partial charge is 0.0319 e. The summed E-state index contributed by atoms with van der Waals surface area (Å²) < 4.78 is 0. The van der Waals surface area contributed by atoms with Crippen LogP contribution in [0.2, 0.25) is 0 Å². The van der Waals surface area contributed by atoms with Gasteiger partial charge in [0, 0.05) is 14.2 Å². The molecule has 14 heavy (non-hydrogen) atoms. The standard InChI is InChI=1S/C10H18.2CH4O/c1-2-5-9-7-4-8-10(9)6-3-1;2*1-2/h9-10H,1-8H2;2*2H,1H3. The van der Waals surface area contributed by atoms with Gasteiger partial charge >= 0.3 is 0 Å². The first kappa shape index (κ1) is 13.9. The highest BCUT2D eigenvalue weighted by atomic mass is 16.2. The zero-order valence-corrected chi connectivity index (χ0v) is 9.71. The van der Waals surface area contributed by atoms with Crippen LogP contribution in [-0.4, -0.2) is 24.4 Å². The Morgan fingerprint density at radius 2 is 0.929 bits per heavy atom. The maximum absolute atomic E-state index is 7.00. The molecule has 0 aromatic rings. The van der Waals surface area contributed by atoms with Gasteiger partial charge in [-0.05, 0) is 11.8 Å². The van der Waals surface area contributed by atoms with Crippen LogP contribution in [0.1, 0.15) is 51.4 Å². The first-order chi connectivity index (χ1) is 6.97. The predicted molar refractivity (Wildman–Crippen MR) is 60.2 cm³/mol. The molecule has 2 unspecified atom stereocenters. The highest BCUT2D eigenvalue weighted by Crippen LogP contribution is 2.40. The van der Waals surface area contributed by atoms with Crippen molar-refractivity contribution in [3.63, 3.8) is 0 Å². The van der Waals surface area contributed by atoms with E-state index in [4.69, 9.17) is 10.2 Å². The zero-order chi connectivity index (χ0) is 10.8. The lowest BCUT2D eigenvalue weighted by Gasteiger charge is -2.14. The van der Waals surface area contributed by atoms with Crippen molar-refractivity contribution >= 4 is 0 Å². The molecule has 0 amide bonds. The molecule has 2 atom stereocenters. The quantitative estimate of drug-likeness (QED) is 0.634. The van der Waals surface area contributed by atoms with Gasteiger partial charge in [0.1, 0.15) is 0 Å². The third-order valence-corrected chi connectivity index (χ3v) is 3.47. The Kier molecular flexibility index (Phi) is 9.42. The third-order valence-electron chi connectivity index (χ3n) is 3.47. The Morgan fingerprint density at radius 1 is 0.571 bits per heavy atom. The second kappa shape index (κ2) is 9.47. The molecule has 0 saturated heterocycles. The lowest BCUT2D eigenvalue weighted by Crippen LogP contribution is -2.04. The van der Waals surface area contributed by atoms with E-state index in [9.17, 15) is 0 Å². The molecule has 2 saturated carbocycles. The van der Waals surface area contributed by atoms with Gasteiger partial charge in [-0.3, -0.25) is 0 Å². The van der Waals surface area contributed by atoms with E-state index in [1.807, 2.05) is 0 Å². The summed E-state index contributed by atoms with van der Waals surface area (Å²) >= 11 is 0. The molecule has 2 rings (SSSR count). The summed E-state index contributed by atoms with van der Waals surface area (Å²) in [5.41, 5.74) is 0. The molecule has 0 aromatic carbocycles. The van der Waals surface area contributed by atoms with Crippen LogP contribution in [0.5, 0.6) is 0 Å². The molecule has 2 N–H and O–H groups in total. The fraction of sp³-hybridized carbons (Fsp3) is 1.00. The molecule has 0 aromatic heterocycles. The van der Waals surface area contributed by atoms with E-state index in [1.54, 1.807) is 25.7 Å². The topological polar surface area (TPSA) is 40.5 Å². The van der Waals surface area contributed by atoms with Crippen molar-refractivity contribution in [2.75, 3.05) is 14.2 Å². The van der Waals surface area contributed by atoms with Crippen molar-refractivity contribution in [3.8, 4) is 0 Å². The van der Waals surface area contributed by atoms with Crippen LogP contribution >= 0.6 is 0 Å². The molecule has 0 bridgehead atoms. The summed E-state index contributed by atoms with van der Waals surface area (Å²) in [7, 11) is 2.00. The van der Waals surface area contributed by atoms with Crippen LogP contribution in [0, 0.1) is 11.8 Å². The maximum atomic E-state index is 7.00. The number of fused-ring (bicyclic) bond motifs is 1. The Bertz CT molecular complexity index is 103. The summed E-state index contributed by atoms with van der Waals surface area (Å²) in [4.78, 5) is 0. The molecule has 2 nitrogen and oxygen atoms in total. The van der Waals surface area contributed by atoms with Gasteiger partial charge in [-0.25, -0.2) is 0 Å². The first-order valence-corrected chi connectivity index (χ1v) is 5.86. The van der Waals surface area contributed by atoms with Crippen LogP contribution in [0.3, 0.4) is 0 Å². The fourth-order valence-corrected chi connectivity index (χ4v) is 2.86. The number of aliphatic hydroxyl groups is 2. The third kappa shape index (κ3) is 4.43. The predicted octanol–water partition coefficient (Wildman–Crippen LogP) is 2.58. The van der Waals surface area contributed by atoms with Crippen molar-refractivity contribution in [3.05, 3.63) is 0 Å². The summed E-state index contributed by atoms with van der Waals surface area (Å²) in [5.74, 6) is 2.31. The number of hydrogen-bond donors (Lipinski definition) is 2. The van der Waals surface area contributed by atoms with Crippen LogP contribution in [0.4, 0.5) is 0 Å². The van der Waals surface area contributed by atoms with Crippen molar-refractivity contribution < 1.29 is 10.2 Å². The van der Waals surface area contributed by atoms with E-state index in [2.05, 4.69) is 0 Å². The minimum Gasteiger partial charge on any atom is -0.400 e. The summed E-state index contributed by atoms with van der Waals surface area (Å²) in [6.07, 6.45) is 12.4. The Labute approximate surface area is 88.3 Å². The molecular formula is C12H26O2. The SMILES string of the molecule is C1CCC2CCCC2CC1.CO.CO. The van der Waals surface area contributed by atoms with Crippen LogP contribution in [0.25, 0.3) is 0 Å². The van der Waals surface area contributed by atoms with Gasteiger partial charge in [-0.1, -0.05) is 51.4 Å². The lowest BCUT2D eigenvalue weighted by molar-refractivity contribution is 0.367. The largest absolute Gasteiger partial charge is 0.400 e. The molecule has 0 heterocycles. The summed E-state index contributed by atoms with van der Waals surface area (Å²) in [6.45, 7) is 0. The number of rotatable bonds is 0. The van der Waals surface area contributed by atoms with Crippen molar-refractivity contribution in [2.24, 2.45) is 11.8 Å². The zero-order valence-electron chi connectivity index (χ0n) is 9.71. The molecule has 2 heteroatoms. The van der Waals surface area contributed by atoms with E-state index in [0.717, 1.165) is 26.1 Å². The molecule has 2 aliphatic carbocycles. The van der Waals surface area contributed by atoms with E-state index >= 15 is 0 Å². The summed E-state index contributed by atoms with van der Waals surface area (Å²) in [6, 6.07) is 0. The number of aliphatic hydroxyl groups excluding tert-OH is 2. The minimum absolute atomic E-state index is 1.00. The van der Waals surface area contributed by atoms with Crippen LogP contribution in [0.15, 0.2) is 0 Å². The second-order valence-corrected chi connectivity index (χ2v) is 4.09. The monoisotopic (exact) mass is 202 g/mol. The molecule has 0 radical (unpaired) electrons. The van der Waals surface area contributed by atoms with Gasteiger partial charge in [0.15, 0.2) is 0 Å². The molecule has 0 spiro atoms. The van der Waals surface area contributed by atoms with Crippen LogP contribution < -0.4 is 0 Å². The van der Waals surface area contributed by atoms with E-state index in [0.29, 0.717) is 0 Å². The van der Waals surface area contributed by atoms with Gasteiger partial charge in [-0.15, -0.1) is 0 Å². The maximum Gasteiger partial charge on any atom is 0.0319 e. The van der Waals surface area contributed by atoms with E-state index in [1.165, 1.54) is 25.7 Å². The van der Waals surface area contributed by atoms with Crippen molar-refractivity contribution in [2.45, 2.75) is 51.4 Å². The Balaban J connectivity index is 0.000000379. The molecular weight excluding hydrogens is 176 g/mol. The van der Waals surface area contributed by atoms with Gasteiger partial charge < -0.3 is 10.2 Å². The first-order valence-electron chi connectivity index (χ1n) is 5.86. The normalized spacial score (nSPS) is 30.0. The van der Waals surface area contributed by atoms with Crippen molar-refractivity contribution in [1.29, 1.82) is 0 Å². The average molecular weight is 202 g/mol. The molecule has 2 aliphatic rings. The van der Waals surface area contributed by atoms with Gasteiger partial charge in [0.2, 0.25) is 0 Å². The average Bonchev–Trinajstić information content (AvgIpc) is 2.61. The van der Waals surface area contributed by atoms with E-state index < -0.39 is 0 Å². The molecule has 0 aliphatic heterocycles. The summed E-state index contributed by atoms with van der Waals surface area (Å²) in [5, 5.41) is 14.0. The minimum atomic E-state index is 1.00.